The van der Waals surface area contributed by atoms with Crippen LogP contribution >= 0.6 is 0 Å². The molecule has 0 bridgehead atoms. The summed E-state index contributed by atoms with van der Waals surface area (Å²) in [6.07, 6.45) is 20.7. The fraction of sp³-hybridized carbons (Fsp3) is 0.920. The highest BCUT2D eigenvalue weighted by molar-refractivity contribution is 5.66. The van der Waals surface area contributed by atoms with Gasteiger partial charge >= 0.3 is 18.1 Å². The summed E-state index contributed by atoms with van der Waals surface area (Å²) in [4.78, 5) is 19.9. The van der Waals surface area contributed by atoms with Gasteiger partial charge in [-0.25, -0.2) is 8.78 Å². The first-order valence-electron chi connectivity index (χ1n) is 45.8. The summed E-state index contributed by atoms with van der Waals surface area (Å²) in [6, 6.07) is 10.5. The second-order valence-corrected chi connectivity index (χ2v) is 41.2. The molecule has 3 unspecified atom stereocenters. The molecule has 0 spiro atoms. The lowest BCUT2D eigenvalue weighted by Crippen LogP contribution is -2.26. The summed E-state index contributed by atoms with van der Waals surface area (Å²) >= 11 is 0. The SMILES string of the molecule is CC(C)C(C)(C)C.CC(C)C(C)C.CC(C)C1CCC(F)(F)CC1.CC(C)C1CCC1.CC(C)C1CCOCC1.CC(C)CCC(=O)O.CC(C)CCC(F)(F)F.CC(C)CCCC(=O)O.CC(C)COC(C)(C)C.CC(C)c1ccccc1.CC1CCC(C(C)C)CC1.CC1CCCC(C(C)C)C1.CCC(C)C(C)C. The van der Waals surface area contributed by atoms with E-state index in [4.69, 9.17) is 19.7 Å². The average Bonchev–Trinajstić information content (AvgIpc) is 0.868. The zero-order valence-electron chi connectivity index (χ0n) is 81.3. The van der Waals surface area contributed by atoms with Crippen molar-refractivity contribution in [2.45, 2.75) is 447 Å². The van der Waals surface area contributed by atoms with Gasteiger partial charge in [0.25, 0.3) is 0 Å². The second-order valence-electron chi connectivity index (χ2n) is 41.2. The van der Waals surface area contributed by atoms with Gasteiger partial charge in [0.15, 0.2) is 0 Å². The van der Waals surface area contributed by atoms with Crippen molar-refractivity contribution >= 4 is 11.9 Å². The summed E-state index contributed by atoms with van der Waals surface area (Å²) in [5.74, 6) is 14.0. The Morgan fingerprint density at radius 1 is 0.468 bits per heavy atom. The lowest BCUT2D eigenvalue weighted by atomic mass is 9.77. The first-order chi connectivity index (χ1) is 50.7. The topological polar surface area (TPSA) is 93.1 Å². The predicted octanol–water partition coefficient (Wildman–Crippen LogP) is 34.2. The Morgan fingerprint density at radius 3 is 1.05 bits per heavy atom. The van der Waals surface area contributed by atoms with E-state index in [1.54, 1.807) is 13.8 Å². The summed E-state index contributed by atoms with van der Waals surface area (Å²) < 4.78 is 70.3. The maximum absolute atomic E-state index is 12.6. The maximum atomic E-state index is 12.6. The normalized spacial score (nSPS) is 18.9. The van der Waals surface area contributed by atoms with E-state index in [9.17, 15) is 31.5 Å². The number of halogens is 5. The molecule has 0 radical (unpaired) electrons. The summed E-state index contributed by atoms with van der Waals surface area (Å²) in [5, 5.41) is 16.4. The van der Waals surface area contributed by atoms with E-state index in [0.29, 0.717) is 66.6 Å². The molecule has 1 aliphatic heterocycles. The molecule has 4 saturated carbocycles. The fourth-order valence-electron chi connectivity index (χ4n) is 11.5. The van der Waals surface area contributed by atoms with Crippen molar-refractivity contribution in [2.75, 3.05) is 19.8 Å². The molecule has 1 heterocycles. The Labute approximate surface area is 692 Å². The average molecular weight is 1590 g/mol. The summed E-state index contributed by atoms with van der Waals surface area (Å²) in [5.41, 5.74) is 1.95. The number of carbonyl (C=O) groups is 2. The number of hydrogen-bond donors (Lipinski definition) is 2. The largest absolute Gasteiger partial charge is 0.481 e. The molecule has 5 fully saturated rings. The van der Waals surface area contributed by atoms with Gasteiger partial charge in [-0.1, -0.05) is 337 Å². The minimum atomic E-state index is -3.97. The molecule has 111 heavy (non-hydrogen) atoms. The summed E-state index contributed by atoms with van der Waals surface area (Å²) in [7, 11) is 0. The molecule has 670 valence electrons. The van der Waals surface area contributed by atoms with Crippen molar-refractivity contribution in [3.63, 3.8) is 0 Å². The minimum absolute atomic E-state index is 0.0320. The fourth-order valence-corrected chi connectivity index (χ4v) is 11.5. The minimum Gasteiger partial charge on any atom is -0.481 e. The maximum Gasteiger partial charge on any atom is 0.389 e. The molecule has 4 aliphatic carbocycles. The van der Waals surface area contributed by atoms with Gasteiger partial charge in [0.05, 0.1) is 5.60 Å². The molecule has 1 aromatic carbocycles. The van der Waals surface area contributed by atoms with Gasteiger partial charge in [0, 0.05) is 51.9 Å². The van der Waals surface area contributed by atoms with Crippen LogP contribution in [0.2, 0.25) is 0 Å². The molecule has 1 saturated heterocycles. The molecule has 6 nitrogen and oxygen atoms in total. The molecular weight excluding hydrogens is 1390 g/mol. The van der Waals surface area contributed by atoms with Crippen LogP contribution < -0.4 is 0 Å². The predicted molar refractivity (Wildman–Crippen MR) is 482 cm³/mol. The Balaban J connectivity index is -0.000000212. The molecule has 6 rings (SSSR count). The van der Waals surface area contributed by atoms with E-state index in [1.807, 2.05) is 19.9 Å². The van der Waals surface area contributed by atoms with Crippen molar-refractivity contribution in [1.82, 2.24) is 0 Å². The lowest BCUT2D eigenvalue weighted by molar-refractivity contribution is -0.138. The number of hydrogen-bond acceptors (Lipinski definition) is 4. The number of benzene rings is 1. The number of carboxylic acid groups (broad SMARTS) is 2. The van der Waals surface area contributed by atoms with Gasteiger partial charge in [-0.3, -0.25) is 9.59 Å². The molecule has 1 aromatic rings. The standard InChI is InChI=1S/2C10H20.C9H16F2.C9H12.C8H16O.C8H18O.C7H14O2.C7H14.2C7H16.C6H11F3.C6H12O2.C6H14/c1-8(2)10-6-4-9(3)5-7-10;1-8(2)10-6-4-5-9(3)7-10;1-7(2)8-3-5-9(10,11)6-4-8;1-8(2)9-6-4-3-5-7-9;1-7(2)8-3-5-9-6-4-8;1-7(2)6-9-8(3,4)5;1-6(2)4-3-5-7(8)9;1-6(2)7-4-3-5-7;1-6(2)7(3,4)5;1-5-7(4)6(2)3;1-5(2)3-4-6(7,8)9;1-5(2)3-4-6(7)8;1-5(2)6(3)4/h2*8-10H,4-7H2,1-3H3;7-8H,3-6H2,1-2H3;3-8H,1-2H3;7-8H,3-6H2,1-2H3;7H,6H2,1-5H3;6H,3-5H2,1-2H3,(H,8,9);6-7H,3-5H2,1-2H3;6H,1-5H3;6-7H,5H2,1-4H3;5H,3-4H2,1-2H3;5H,3-4H2,1-2H3,(H,7,8);5-6H,1-4H3. The third-order valence-electron chi connectivity index (χ3n) is 23.2. The van der Waals surface area contributed by atoms with Crippen molar-refractivity contribution in [2.24, 2.45) is 130 Å². The smallest absolute Gasteiger partial charge is 0.389 e. The molecule has 5 aliphatic rings. The highest BCUT2D eigenvalue weighted by Gasteiger charge is 2.36. The number of rotatable bonds is 20. The van der Waals surface area contributed by atoms with E-state index >= 15 is 0 Å². The molecule has 11 heteroatoms. The Morgan fingerprint density at radius 2 is 0.838 bits per heavy atom. The Hall–Kier alpha value is -2.27. The van der Waals surface area contributed by atoms with Gasteiger partial charge in [-0.15, -0.1) is 0 Å². The number of aliphatic carboxylic acids is 2. The Bertz CT molecular complexity index is 2080. The molecule has 0 amide bonds. The van der Waals surface area contributed by atoms with Crippen LogP contribution in [0.25, 0.3) is 0 Å². The van der Waals surface area contributed by atoms with Gasteiger partial charge in [0.1, 0.15) is 0 Å². The van der Waals surface area contributed by atoms with Crippen LogP contribution in [0.3, 0.4) is 0 Å². The van der Waals surface area contributed by atoms with E-state index in [0.717, 1.165) is 128 Å². The van der Waals surface area contributed by atoms with Crippen LogP contribution in [0.1, 0.15) is 435 Å². The molecule has 0 aromatic heterocycles. The van der Waals surface area contributed by atoms with Crippen LogP contribution in [0.4, 0.5) is 22.0 Å². The van der Waals surface area contributed by atoms with Crippen LogP contribution in [-0.2, 0) is 19.1 Å². The highest BCUT2D eigenvalue weighted by atomic mass is 19.4. The van der Waals surface area contributed by atoms with Crippen LogP contribution in [0, 0.1) is 130 Å². The van der Waals surface area contributed by atoms with Gasteiger partial charge in [-0.05, 0) is 226 Å². The van der Waals surface area contributed by atoms with Crippen molar-refractivity contribution < 1.29 is 51.2 Å². The molecular formula is C100H199F5O6. The summed E-state index contributed by atoms with van der Waals surface area (Å²) in [6.45, 7) is 86.7. The second kappa shape index (κ2) is 70.7. The van der Waals surface area contributed by atoms with Crippen LogP contribution in [0.5, 0.6) is 0 Å². The number of ether oxygens (including phenoxy) is 2. The van der Waals surface area contributed by atoms with Gasteiger partial charge in [-0.2, -0.15) is 13.2 Å². The lowest BCUT2D eigenvalue weighted by Gasteiger charge is -2.30. The first kappa shape index (κ1) is 122. The first-order valence-corrected chi connectivity index (χ1v) is 45.8. The zero-order chi connectivity index (χ0) is 88.2. The third-order valence-corrected chi connectivity index (χ3v) is 23.2. The quantitative estimate of drug-likeness (QED) is 0.126. The van der Waals surface area contributed by atoms with Crippen LogP contribution in [0.15, 0.2) is 30.3 Å². The molecule has 3 atom stereocenters. The Kier molecular flexibility index (Phi) is 77.7. The third kappa shape index (κ3) is 91.5. The number of carboxylic acids is 2. The van der Waals surface area contributed by atoms with E-state index < -0.39 is 30.5 Å². The van der Waals surface area contributed by atoms with Crippen molar-refractivity contribution in [1.29, 1.82) is 0 Å². The van der Waals surface area contributed by atoms with E-state index in [-0.39, 0.29) is 30.8 Å². The van der Waals surface area contributed by atoms with Gasteiger partial charge in [0.2, 0.25) is 5.92 Å². The monoisotopic (exact) mass is 1590 g/mol. The zero-order valence-corrected chi connectivity index (χ0v) is 81.3. The number of alkyl halides is 5. The van der Waals surface area contributed by atoms with Crippen LogP contribution in [-0.4, -0.2) is 59.7 Å². The highest BCUT2D eigenvalue weighted by Crippen LogP contribution is 2.39. The van der Waals surface area contributed by atoms with Gasteiger partial charge < -0.3 is 19.7 Å². The molecule has 2 N–H and O–H groups in total. The van der Waals surface area contributed by atoms with E-state index in [2.05, 4.69) is 260 Å². The van der Waals surface area contributed by atoms with Crippen molar-refractivity contribution in [3.8, 4) is 0 Å². The van der Waals surface area contributed by atoms with Crippen molar-refractivity contribution in [3.05, 3.63) is 35.9 Å². The van der Waals surface area contributed by atoms with E-state index in [1.165, 1.54) is 95.5 Å².